The number of rotatable bonds is 9. The largest absolute Gasteiger partial charge is 0.513 e. The lowest BCUT2D eigenvalue weighted by atomic mass is 9.86. The Morgan fingerprint density at radius 2 is 1.55 bits per heavy atom. The highest BCUT2D eigenvalue weighted by Gasteiger charge is 2.30. The second kappa shape index (κ2) is 12.0. The van der Waals surface area contributed by atoms with Gasteiger partial charge in [-0.1, -0.05) is 26.8 Å². The molecule has 33 heavy (non-hydrogen) atoms. The van der Waals surface area contributed by atoms with Crippen LogP contribution >= 0.6 is 0 Å². The summed E-state index contributed by atoms with van der Waals surface area (Å²) in [5, 5.41) is 9.50. The van der Waals surface area contributed by atoms with Gasteiger partial charge in [0, 0.05) is 5.92 Å². The standard InChI is InChI=1S/C22H31NO10/c1-12(31-17(24)11-22(2,3)4)9-14(18(23)19(25)26)13-7-8-15(32-20(27)29-5)16(10-13)33-21(28)30-6/h7-8,10,12,14,18H,9,11,23H2,1-6H3,(H,25,26)/t12?,14?,18-/m0/s1. The third-order valence-corrected chi connectivity index (χ3v) is 4.43. The second-order valence-electron chi connectivity index (χ2n) is 8.56. The lowest BCUT2D eigenvalue weighted by Gasteiger charge is -2.26. The molecule has 0 fully saturated rings. The normalized spacial score (nSPS) is 13.8. The van der Waals surface area contributed by atoms with E-state index in [1.165, 1.54) is 18.2 Å². The minimum atomic E-state index is -1.37. The van der Waals surface area contributed by atoms with Crippen LogP contribution in [0.5, 0.6) is 11.5 Å². The molecule has 0 aliphatic heterocycles. The highest BCUT2D eigenvalue weighted by atomic mass is 16.7. The van der Waals surface area contributed by atoms with Crippen LogP contribution in [-0.2, 0) is 23.8 Å². The molecular weight excluding hydrogens is 438 g/mol. The number of carbonyl (C=O) groups excluding carboxylic acids is 3. The van der Waals surface area contributed by atoms with Crippen LogP contribution in [0, 0.1) is 5.41 Å². The molecule has 0 aliphatic carbocycles. The zero-order valence-electron chi connectivity index (χ0n) is 19.6. The van der Waals surface area contributed by atoms with Crippen LogP contribution in [0.1, 0.15) is 52.0 Å². The summed E-state index contributed by atoms with van der Waals surface area (Å²) in [5.74, 6) is -2.92. The fourth-order valence-corrected chi connectivity index (χ4v) is 2.95. The molecule has 11 heteroatoms. The van der Waals surface area contributed by atoms with Crippen molar-refractivity contribution in [3.05, 3.63) is 23.8 Å². The summed E-state index contributed by atoms with van der Waals surface area (Å²) in [6.45, 7) is 7.30. The van der Waals surface area contributed by atoms with Crippen LogP contribution in [0.15, 0.2) is 18.2 Å². The molecular formula is C22H31NO10. The average Bonchev–Trinajstić information content (AvgIpc) is 2.70. The predicted molar refractivity (Wildman–Crippen MR) is 115 cm³/mol. The molecule has 0 radical (unpaired) electrons. The molecule has 3 N–H and O–H groups in total. The first-order valence-corrected chi connectivity index (χ1v) is 10.1. The first-order chi connectivity index (χ1) is 15.3. The van der Waals surface area contributed by atoms with Crippen molar-refractivity contribution in [3.8, 4) is 11.5 Å². The van der Waals surface area contributed by atoms with Gasteiger partial charge in [-0.05, 0) is 36.5 Å². The summed E-state index contributed by atoms with van der Waals surface area (Å²) in [7, 11) is 2.19. The van der Waals surface area contributed by atoms with Crippen molar-refractivity contribution < 1.29 is 48.0 Å². The highest BCUT2D eigenvalue weighted by molar-refractivity contribution is 5.75. The molecule has 3 atom stereocenters. The van der Waals surface area contributed by atoms with Crippen LogP contribution in [0.2, 0.25) is 0 Å². The number of methoxy groups -OCH3 is 2. The Labute approximate surface area is 192 Å². The Balaban J connectivity index is 3.25. The Kier molecular flexibility index (Phi) is 10.1. The van der Waals surface area contributed by atoms with E-state index in [9.17, 15) is 24.3 Å². The zero-order chi connectivity index (χ0) is 25.3. The Bertz CT molecular complexity index is 861. The number of hydrogen-bond acceptors (Lipinski definition) is 10. The van der Waals surface area contributed by atoms with E-state index in [2.05, 4.69) is 9.47 Å². The summed E-state index contributed by atoms with van der Waals surface area (Å²) in [6.07, 6.45) is -2.56. The quantitative estimate of drug-likeness (QED) is 0.310. The minimum absolute atomic E-state index is 0.0677. The smallest absolute Gasteiger partial charge is 0.480 e. The van der Waals surface area contributed by atoms with Crippen molar-refractivity contribution in [1.29, 1.82) is 0 Å². The fraction of sp³-hybridized carbons (Fsp3) is 0.545. The van der Waals surface area contributed by atoms with Crippen LogP contribution < -0.4 is 15.2 Å². The summed E-state index contributed by atoms with van der Waals surface area (Å²) >= 11 is 0. The van der Waals surface area contributed by atoms with E-state index >= 15 is 0 Å². The van der Waals surface area contributed by atoms with Gasteiger partial charge in [0.05, 0.1) is 26.7 Å². The van der Waals surface area contributed by atoms with Crippen molar-refractivity contribution in [2.45, 2.75) is 58.6 Å². The maximum absolute atomic E-state index is 12.2. The van der Waals surface area contributed by atoms with E-state index < -0.39 is 42.3 Å². The number of nitrogens with two attached hydrogens (primary N) is 1. The Morgan fingerprint density at radius 3 is 2.03 bits per heavy atom. The van der Waals surface area contributed by atoms with E-state index in [-0.39, 0.29) is 29.8 Å². The highest BCUT2D eigenvalue weighted by Crippen LogP contribution is 2.35. The van der Waals surface area contributed by atoms with Gasteiger partial charge in [0.25, 0.3) is 0 Å². The molecule has 0 aromatic heterocycles. The molecule has 0 bridgehead atoms. The molecule has 1 rings (SSSR count). The molecule has 0 heterocycles. The van der Waals surface area contributed by atoms with Gasteiger partial charge in [0.2, 0.25) is 0 Å². The Morgan fingerprint density at radius 1 is 1.00 bits per heavy atom. The lowest BCUT2D eigenvalue weighted by molar-refractivity contribution is -0.150. The molecule has 2 unspecified atom stereocenters. The molecule has 1 aromatic rings. The molecule has 1 aromatic carbocycles. The second-order valence-corrected chi connectivity index (χ2v) is 8.56. The first kappa shape index (κ1) is 27.7. The van der Waals surface area contributed by atoms with Crippen molar-refractivity contribution in [2.75, 3.05) is 14.2 Å². The molecule has 0 saturated carbocycles. The van der Waals surface area contributed by atoms with Gasteiger partial charge >= 0.3 is 24.2 Å². The van der Waals surface area contributed by atoms with Gasteiger partial charge in [0.15, 0.2) is 11.5 Å². The number of esters is 1. The fourth-order valence-electron chi connectivity index (χ4n) is 2.95. The molecule has 0 spiro atoms. The maximum Gasteiger partial charge on any atom is 0.513 e. The molecule has 0 amide bonds. The minimum Gasteiger partial charge on any atom is -0.480 e. The number of carbonyl (C=O) groups is 4. The van der Waals surface area contributed by atoms with Gasteiger partial charge in [-0.25, -0.2) is 9.59 Å². The summed E-state index contributed by atoms with van der Waals surface area (Å²) < 4.78 is 24.3. The average molecular weight is 469 g/mol. The van der Waals surface area contributed by atoms with Gasteiger partial charge < -0.3 is 34.5 Å². The third-order valence-electron chi connectivity index (χ3n) is 4.43. The SMILES string of the molecule is COC(=O)Oc1ccc(C(CC(C)OC(=O)CC(C)(C)C)[C@H](N)C(=O)O)cc1OC(=O)OC. The van der Waals surface area contributed by atoms with Gasteiger partial charge in [-0.15, -0.1) is 0 Å². The third kappa shape index (κ3) is 9.36. The van der Waals surface area contributed by atoms with Crippen LogP contribution in [0.3, 0.4) is 0 Å². The molecule has 11 nitrogen and oxygen atoms in total. The number of carboxylic acids is 1. The number of ether oxygens (including phenoxy) is 5. The van der Waals surface area contributed by atoms with Gasteiger partial charge in [-0.2, -0.15) is 0 Å². The number of aliphatic carboxylic acids is 1. The van der Waals surface area contributed by atoms with Crippen molar-refractivity contribution in [2.24, 2.45) is 11.1 Å². The Hall–Kier alpha value is -3.34. The van der Waals surface area contributed by atoms with Gasteiger partial charge in [-0.3, -0.25) is 9.59 Å². The van der Waals surface area contributed by atoms with Crippen molar-refractivity contribution in [3.63, 3.8) is 0 Å². The van der Waals surface area contributed by atoms with Crippen molar-refractivity contribution in [1.82, 2.24) is 0 Å². The number of hydrogen-bond donors (Lipinski definition) is 2. The first-order valence-electron chi connectivity index (χ1n) is 10.1. The molecule has 0 saturated heterocycles. The summed E-state index contributed by atoms with van der Waals surface area (Å²) in [4.78, 5) is 46.9. The van der Waals surface area contributed by atoms with E-state index in [1.807, 2.05) is 20.8 Å². The maximum atomic E-state index is 12.2. The van der Waals surface area contributed by atoms with E-state index in [1.54, 1.807) is 6.92 Å². The topological polar surface area (TPSA) is 161 Å². The lowest BCUT2D eigenvalue weighted by Crippen LogP contribution is -2.38. The molecule has 184 valence electrons. The van der Waals surface area contributed by atoms with Crippen molar-refractivity contribution >= 4 is 24.2 Å². The summed E-state index contributed by atoms with van der Waals surface area (Å²) in [5.41, 5.74) is 5.99. The predicted octanol–water partition coefficient (Wildman–Crippen LogP) is 3.23. The van der Waals surface area contributed by atoms with E-state index in [0.717, 1.165) is 14.2 Å². The number of carboxylic acid groups (broad SMARTS) is 1. The molecule has 0 aliphatic rings. The van der Waals surface area contributed by atoms with Crippen LogP contribution in [-0.4, -0.2) is 55.7 Å². The van der Waals surface area contributed by atoms with Crippen LogP contribution in [0.25, 0.3) is 0 Å². The zero-order valence-corrected chi connectivity index (χ0v) is 19.6. The van der Waals surface area contributed by atoms with Gasteiger partial charge in [0.1, 0.15) is 6.04 Å². The van der Waals surface area contributed by atoms with Crippen LogP contribution in [0.4, 0.5) is 9.59 Å². The summed E-state index contributed by atoms with van der Waals surface area (Å²) in [6, 6.07) is 2.68. The van der Waals surface area contributed by atoms with E-state index in [0.29, 0.717) is 5.56 Å². The van der Waals surface area contributed by atoms with E-state index in [4.69, 9.17) is 19.9 Å². The number of benzene rings is 1. The monoisotopic (exact) mass is 469 g/mol.